The highest BCUT2D eigenvalue weighted by molar-refractivity contribution is 7.99. The molecule has 2 N–H and O–H groups in total. The third-order valence-corrected chi connectivity index (χ3v) is 5.02. The number of rotatable bonds is 11. The largest absolute Gasteiger partial charge is 0.497 e. The molecule has 0 fully saturated rings. The number of hydrogen-bond donors (Lipinski definition) is 2. The Kier molecular flexibility index (Phi) is 7.86. The fourth-order valence-corrected chi connectivity index (χ4v) is 3.41. The molecule has 0 aliphatic carbocycles. The molecule has 1 aromatic carbocycles. The minimum absolute atomic E-state index is 0.163. The molecule has 3 aromatic rings. The molecular formula is C20H26N6O3S. The van der Waals surface area contributed by atoms with Gasteiger partial charge in [0.2, 0.25) is 0 Å². The highest BCUT2D eigenvalue weighted by atomic mass is 32.2. The number of nitrogens with one attached hydrogen (secondary N) is 2. The van der Waals surface area contributed by atoms with E-state index in [2.05, 4.69) is 32.6 Å². The average molecular weight is 431 g/mol. The summed E-state index contributed by atoms with van der Waals surface area (Å²) in [5.74, 6) is 2.09. The standard InChI is InChI=1S/C20H26N6O3S/c1-4-30-20-24-17(21-9-11-28-2)16-13-23-26(18(16)25-20)10-8-22-19(27)14-6-5-7-15(12-14)29-3/h5-7,12-13H,4,8-11H2,1-3H3,(H,22,27)(H,21,24,25). The summed E-state index contributed by atoms with van der Waals surface area (Å²) in [5.41, 5.74) is 1.28. The van der Waals surface area contributed by atoms with Gasteiger partial charge in [-0.1, -0.05) is 24.8 Å². The van der Waals surface area contributed by atoms with Crippen LogP contribution in [-0.2, 0) is 11.3 Å². The summed E-state index contributed by atoms with van der Waals surface area (Å²) in [7, 11) is 3.23. The zero-order valence-corrected chi connectivity index (χ0v) is 18.2. The summed E-state index contributed by atoms with van der Waals surface area (Å²) in [6.45, 7) is 4.18. The third-order valence-electron chi connectivity index (χ3n) is 4.29. The molecule has 0 spiro atoms. The Balaban J connectivity index is 1.71. The Morgan fingerprint density at radius 3 is 2.87 bits per heavy atom. The summed E-state index contributed by atoms with van der Waals surface area (Å²) in [6.07, 6.45) is 1.74. The van der Waals surface area contributed by atoms with Crippen LogP contribution in [-0.4, -0.2) is 65.3 Å². The number of nitrogens with zero attached hydrogens (tertiary/aromatic N) is 4. The molecule has 0 aliphatic heterocycles. The van der Waals surface area contributed by atoms with Gasteiger partial charge in [-0.3, -0.25) is 4.79 Å². The van der Waals surface area contributed by atoms with Gasteiger partial charge in [0, 0.05) is 25.8 Å². The van der Waals surface area contributed by atoms with Gasteiger partial charge >= 0.3 is 0 Å². The number of ether oxygens (including phenoxy) is 2. The third kappa shape index (κ3) is 5.39. The fraction of sp³-hybridized carbons (Fsp3) is 0.400. The Bertz CT molecular complexity index is 994. The maximum atomic E-state index is 12.4. The maximum absolute atomic E-state index is 12.4. The van der Waals surface area contributed by atoms with Crippen LogP contribution in [0.25, 0.3) is 11.0 Å². The molecule has 30 heavy (non-hydrogen) atoms. The lowest BCUT2D eigenvalue weighted by molar-refractivity contribution is 0.0951. The number of thioether (sulfide) groups is 1. The minimum Gasteiger partial charge on any atom is -0.497 e. The molecule has 0 bridgehead atoms. The van der Waals surface area contributed by atoms with Crippen LogP contribution in [0.4, 0.5) is 5.82 Å². The summed E-state index contributed by atoms with van der Waals surface area (Å²) < 4.78 is 12.1. The number of anilines is 1. The molecule has 0 atom stereocenters. The second-order valence-corrected chi connectivity index (χ2v) is 7.53. The average Bonchev–Trinajstić information content (AvgIpc) is 3.17. The van der Waals surface area contributed by atoms with E-state index in [1.165, 1.54) is 0 Å². The number of benzene rings is 1. The molecule has 0 unspecified atom stereocenters. The van der Waals surface area contributed by atoms with Crippen molar-refractivity contribution in [2.45, 2.75) is 18.6 Å². The van der Waals surface area contributed by atoms with Crippen molar-refractivity contribution in [1.82, 2.24) is 25.1 Å². The van der Waals surface area contributed by atoms with Gasteiger partial charge in [-0.05, 0) is 24.0 Å². The first-order chi connectivity index (χ1) is 14.7. The van der Waals surface area contributed by atoms with Gasteiger partial charge in [0.25, 0.3) is 5.91 Å². The fourth-order valence-electron chi connectivity index (χ4n) is 2.84. The highest BCUT2D eigenvalue weighted by Crippen LogP contribution is 2.24. The number of carbonyl (C=O) groups is 1. The highest BCUT2D eigenvalue weighted by Gasteiger charge is 2.13. The summed E-state index contributed by atoms with van der Waals surface area (Å²) in [5, 5.41) is 12.2. The number of amides is 1. The van der Waals surface area contributed by atoms with Crippen LogP contribution in [0.2, 0.25) is 0 Å². The molecule has 0 saturated heterocycles. The number of aromatic nitrogens is 4. The van der Waals surface area contributed by atoms with Crippen molar-refractivity contribution in [3.63, 3.8) is 0 Å². The van der Waals surface area contributed by atoms with E-state index in [0.29, 0.717) is 42.7 Å². The molecule has 3 rings (SSSR count). The van der Waals surface area contributed by atoms with E-state index in [0.717, 1.165) is 22.6 Å². The van der Waals surface area contributed by atoms with Crippen LogP contribution < -0.4 is 15.4 Å². The van der Waals surface area contributed by atoms with Crippen molar-refractivity contribution in [2.75, 3.05) is 45.0 Å². The van der Waals surface area contributed by atoms with Gasteiger partial charge in [0.05, 0.1) is 31.8 Å². The van der Waals surface area contributed by atoms with E-state index in [1.54, 1.807) is 61.1 Å². The summed E-state index contributed by atoms with van der Waals surface area (Å²) >= 11 is 1.57. The molecule has 1 amide bonds. The van der Waals surface area contributed by atoms with Crippen molar-refractivity contribution in [2.24, 2.45) is 0 Å². The van der Waals surface area contributed by atoms with Crippen molar-refractivity contribution < 1.29 is 14.3 Å². The van der Waals surface area contributed by atoms with Gasteiger partial charge in [0.1, 0.15) is 11.6 Å². The predicted molar refractivity (Wildman–Crippen MR) is 117 cm³/mol. The smallest absolute Gasteiger partial charge is 0.251 e. The Morgan fingerprint density at radius 1 is 1.23 bits per heavy atom. The van der Waals surface area contributed by atoms with Crippen LogP contribution in [0, 0.1) is 0 Å². The van der Waals surface area contributed by atoms with Crippen molar-refractivity contribution in [3.8, 4) is 5.75 Å². The first kappa shape index (κ1) is 21.8. The topological polar surface area (TPSA) is 103 Å². The second-order valence-electron chi connectivity index (χ2n) is 6.30. The Morgan fingerprint density at radius 2 is 2.10 bits per heavy atom. The SMILES string of the molecule is CCSc1nc(NCCOC)c2cnn(CCNC(=O)c3cccc(OC)c3)c2n1. The van der Waals surface area contributed by atoms with Crippen molar-refractivity contribution >= 4 is 34.5 Å². The van der Waals surface area contributed by atoms with E-state index in [-0.39, 0.29) is 5.91 Å². The Labute approximate surface area is 179 Å². The zero-order valence-electron chi connectivity index (χ0n) is 17.3. The lowest BCUT2D eigenvalue weighted by Crippen LogP contribution is -2.27. The van der Waals surface area contributed by atoms with Crippen LogP contribution in [0.5, 0.6) is 5.75 Å². The van der Waals surface area contributed by atoms with Gasteiger partial charge in [0.15, 0.2) is 10.8 Å². The molecule has 0 saturated carbocycles. The van der Waals surface area contributed by atoms with Gasteiger partial charge in [-0.25, -0.2) is 14.6 Å². The number of carbonyl (C=O) groups excluding carboxylic acids is 1. The second kappa shape index (κ2) is 10.8. The van der Waals surface area contributed by atoms with Crippen LogP contribution in [0.3, 0.4) is 0 Å². The Hall–Kier alpha value is -2.85. The van der Waals surface area contributed by atoms with E-state index in [9.17, 15) is 4.79 Å². The lowest BCUT2D eigenvalue weighted by Gasteiger charge is -2.10. The quantitative estimate of drug-likeness (QED) is 0.272. The molecule has 9 nitrogen and oxygen atoms in total. The molecular weight excluding hydrogens is 404 g/mol. The lowest BCUT2D eigenvalue weighted by atomic mass is 10.2. The van der Waals surface area contributed by atoms with Gasteiger partial charge in [-0.2, -0.15) is 5.10 Å². The molecule has 160 valence electrons. The first-order valence-corrected chi connectivity index (χ1v) is 10.7. The van der Waals surface area contributed by atoms with E-state index < -0.39 is 0 Å². The van der Waals surface area contributed by atoms with Crippen molar-refractivity contribution in [1.29, 1.82) is 0 Å². The minimum atomic E-state index is -0.163. The van der Waals surface area contributed by atoms with Crippen LogP contribution >= 0.6 is 11.8 Å². The number of methoxy groups -OCH3 is 2. The molecule has 2 aromatic heterocycles. The van der Waals surface area contributed by atoms with Crippen molar-refractivity contribution in [3.05, 3.63) is 36.0 Å². The maximum Gasteiger partial charge on any atom is 0.251 e. The number of hydrogen-bond acceptors (Lipinski definition) is 8. The summed E-state index contributed by atoms with van der Waals surface area (Å²) in [6, 6.07) is 7.05. The molecule has 10 heteroatoms. The predicted octanol–water partition coefficient (Wildman–Crippen LogP) is 2.44. The van der Waals surface area contributed by atoms with Gasteiger partial charge in [-0.15, -0.1) is 0 Å². The molecule has 0 aliphatic rings. The van der Waals surface area contributed by atoms with Gasteiger partial charge < -0.3 is 20.1 Å². The zero-order chi connectivity index (χ0) is 21.3. The van der Waals surface area contributed by atoms with E-state index in [1.807, 2.05) is 0 Å². The number of fused-ring (bicyclic) bond motifs is 1. The molecule has 0 radical (unpaired) electrons. The normalized spacial score (nSPS) is 10.9. The van der Waals surface area contributed by atoms with Crippen LogP contribution in [0.1, 0.15) is 17.3 Å². The summed E-state index contributed by atoms with van der Waals surface area (Å²) in [4.78, 5) is 21.6. The van der Waals surface area contributed by atoms with E-state index >= 15 is 0 Å². The first-order valence-electron chi connectivity index (χ1n) is 9.67. The molecule has 2 heterocycles. The van der Waals surface area contributed by atoms with E-state index in [4.69, 9.17) is 9.47 Å². The van der Waals surface area contributed by atoms with Crippen LogP contribution in [0.15, 0.2) is 35.6 Å². The monoisotopic (exact) mass is 430 g/mol.